The summed E-state index contributed by atoms with van der Waals surface area (Å²) in [7, 11) is 0. The lowest BCUT2D eigenvalue weighted by atomic mass is 10.2. The van der Waals surface area contributed by atoms with Crippen molar-refractivity contribution >= 4 is 17.1 Å². The number of rotatable bonds is 2. The van der Waals surface area contributed by atoms with Gasteiger partial charge >= 0.3 is 0 Å². The first-order valence-corrected chi connectivity index (χ1v) is 7.87. The van der Waals surface area contributed by atoms with Gasteiger partial charge in [-0.15, -0.1) is 0 Å². The molecule has 0 aliphatic carbocycles. The molecule has 1 saturated heterocycles. The highest BCUT2D eigenvalue weighted by molar-refractivity contribution is 5.71. The third kappa shape index (κ3) is 2.22. The monoisotopic (exact) mass is 340 g/mol. The van der Waals surface area contributed by atoms with Crippen LogP contribution in [0.1, 0.15) is 32.2 Å². The van der Waals surface area contributed by atoms with Crippen LogP contribution < -0.4 is 10.9 Å². The molecule has 0 spiro atoms. The number of anilines is 1. The molecule has 5 unspecified atom stereocenters. The Kier molecular flexibility index (Phi) is 3.57. The zero-order valence-corrected chi connectivity index (χ0v) is 13.0. The molecular weight excluding hydrogens is 321 g/mol. The average molecular weight is 340 g/mol. The SMILES string of the molecule is CC1CC(O)[15n]2c(=O)c3ncn(C4CC(O)C(CO)O4)c3n[13c]2[15NH]1. The summed E-state index contributed by atoms with van der Waals surface area (Å²) in [6.45, 7) is 1.60. The van der Waals surface area contributed by atoms with Crippen LogP contribution >= 0.6 is 0 Å². The van der Waals surface area contributed by atoms with Crippen molar-refractivity contribution in [3.63, 3.8) is 0 Å². The highest BCUT2D eigenvalue weighted by Crippen LogP contribution is 2.31. The van der Waals surface area contributed by atoms with Crippen molar-refractivity contribution in [1.29, 1.82) is 0 Å². The molecule has 24 heavy (non-hydrogen) atoms. The topological polar surface area (TPSA) is 135 Å². The van der Waals surface area contributed by atoms with Crippen LogP contribution in [-0.4, -0.2) is 59.3 Å². The van der Waals surface area contributed by atoms with E-state index in [1.165, 1.54) is 10.9 Å². The number of ether oxygens (including phenoxy) is 1. The predicted molar refractivity (Wildman–Crippen MR) is 82.4 cm³/mol. The van der Waals surface area contributed by atoms with Crippen molar-refractivity contribution in [3.05, 3.63) is 16.7 Å². The van der Waals surface area contributed by atoms with Gasteiger partial charge in [0.05, 0.1) is 19.0 Å². The molecule has 1 fully saturated rings. The minimum absolute atomic E-state index is 0.0240. The Balaban J connectivity index is 1.82. The molecular formula is C14H19N5O5. The maximum absolute atomic E-state index is 12.6. The zero-order valence-electron chi connectivity index (χ0n) is 13.0. The summed E-state index contributed by atoms with van der Waals surface area (Å²) < 4.78 is 8.37. The van der Waals surface area contributed by atoms with Crippen molar-refractivity contribution in [2.75, 3.05) is 11.9 Å². The van der Waals surface area contributed by atoms with Crippen molar-refractivity contribution in [2.24, 2.45) is 0 Å². The van der Waals surface area contributed by atoms with Gasteiger partial charge in [0.25, 0.3) is 5.56 Å². The lowest BCUT2D eigenvalue weighted by Gasteiger charge is -2.28. The molecule has 0 saturated carbocycles. The molecule has 0 aromatic carbocycles. The van der Waals surface area contributed by atoms with Crippen LogP contribution in [0.4, 0.5) is 5.95 Å². The lowest BCUT2D eigenvalue weighted by molar-refractivity contribution is -0.0432. The van der Waals surface area contributed by atoms with Crippen LogP contribution in [0.15, 0.2) is 11.1 Å². The van der Waals surface area contributed by atoms with Crippen LogP contribution in [-0.2, 0) is 4.74 Å². The van der Waals surface area contributed by atoms with E-state index < -0.39 is 30.2 Å². The third-order valence-corrected chi connectivity index (χ3v) is 4.56. The number of aromatic nitrogens is 4. The summed E-state index contributed by atoms with van der Waals surface area (Å²) in [6.07, 6.45) is -0.891. The molecule has 2 aromatic heterocycles. The molecule has 2 aromatic rings. The summed E-state index contributed by atoms with van der Waals surface area (Å²) in [6, 6.07) is -0.0240. The van der Waals surface area contributed by atoms with Gasteiger partial charge in [-0.05, 0) is 6.92 Å². The van der Waals surface area contributed by atoms with Gasteiger partial charge in [-0.2, -0.15) is 4.98 Å². The molecule has 4 rings (SSSR count). The van der Waals surface area contributed by atoms with Crippen molar-refractivity contribution in [3.8, 4) is 0 Å². The number of aliphatic hydroxyl groups is 3. The molecule has 2 aliphatic rings. The number of aliphatic hydroxyl groups excluding tert-OH is 3. The Bertz CT molecular complexity index is 833. The Morgan fingerprint density at radius 1 is 1.42 bits per heavy atom. The second kappa shape index (κ2) is 5.52. The molecule has 0 bridgehead atoms. The smallest absolute Gasteiger partial charge is 0.285 e. The molecule has 2 aliphatic heterocycles. The highest BCUT2D eigenvalue weighted by Gasteiger charge is 2.36. The molecule has 5 atom stereocenters. The van der Waals surface area contributed by atoms with E-state index in [-0.39, 0.29) is 30.5 Å². The van der Waals surface area contributed by atoms with Gasteiger partial charge in [0.15, 0.2) is 11.2 Å². The number of nitrogens with one attached hydrogen (secondary N) is 1. The van der Waals surface area contributed by atoms with E-state index in [1.54, 1.807) is 4.57 Å². The van der Waals surface area contributed by atoms with E-state index in [2.05, 4.69) is 15.3 Å². The van der Waals surface area contributed by atoms with Gasteiger partial charge in [0, 0.05) is 18.9 Å². The molecule has 4 N–H and O–H groups in total. The fraction of sp³-hybridized carbons (Fsp3) is 0.643. The summed E-state index contributed by atoms with van der Waals surface area (Å²) in [5.74, 6) is 0.276. The first kappa shape index (κ1) is 15.5. The fourth-order valence-electron chi connectivity index (χ4n) is 3.32. The normalized spacial score (nSPS) is 32.8. The summed E-state index contributed by atoms with van der Waals surface area (Å²) in [4.78, 5) is 21.2. The van der Waals surface area contributed by atoms with Crippen LogP contribution in [0.2, 0.25) is 0 Å². The average Bonchev–Trinajstić information content (AvgIpc) is 3.09. The van der Waals surface area contributed by atoms with Crippen molar-refractivity contribution in [2.45, 2.75) is 50.5 Å². The first-order valence-electron chi connectivity index (χ1n) is 7.87. The van der Waals surface area contributed by atoms with E-state index in [9.17, 15) is 20.1 Å². The Morgan fingerprint density at radius 3 is 2.92 bits per heavy atom. The van der Waals surface area contributed by atoms with E-state index in [0.29, 0.717) is 12.1 Å². The van der Waals surface area contributed by atoms with E-state index in [0.717, 1.165) is 0 Å². The lowest BCUT2D eigenvalue weighted by Crippen LogP contribution is -2.38. The van der Waals surface area contributed by atoms with Gasteiger partial charge in [-0.1, -0.05) is 0 Å². The van der Waals surface area contributed by atoms with E-state index in [4.69, 9.17) is 4.74 Å². The quantitative estimate of drug-likeness (QED) is 0.508. The predicted octanol–water partition coefficient (Wildman–Crippen LogP) is -1.07. The van der Waals surface area contributed by atoms with Crippen LogP contribution in [0.3, 0.4) is 0 Å². The molecule has 130 valence electrons. The van der Waals surface area contributed by atoms with Gasteiger partial charge in [-0.3, -0.25) is 9.36 Å². The Labute approximate surface area is 136 Å². The number of hydrogen-bond donors (Lipinski definition) is 4. The summed E-state index contributed by atoms with van der Waals surface area (Å²) in [5, 5.41) is 32.3. The van der Waals surface area contributed by atoms with Crippen LogP contribution in [0, 0.1) is 0 Å². The standard InChI is InChI=1S/C14H19N5O5/c1-6-2-9(22)19-13(23)11-12(17-14(19)16-6)18(5-15-11)10-3-7(21)8(4-20)24-10/h5-10,20-22H,2-4H2,1H3,(H,16,17)/i14+1,16+1,19+1. The Morgan fingerprint density at radius 2 is 2.21 bits per heavy atom. The molecule has 10 heteroatoms. The third-order valence-electron chi connectivity index (χ3n) is 4.56. The largest absolute Gasteiger partial charge is 0.394 e. The molecule has 10 nitrogen and oxygen atoms in total. The van der Waals surface area contributed by atoms with Gasteiger partial charge < -0.3 is 25.4 Å². The second-order valence-electron chi connectivity index (χ2n) is 6.31. The zero-order chi connectivity index (χ0) is 17.0. The molecule has 0 amide bonds. The molecule has 0 radical (unpaired) electrons. The molecule has 4 heterocycles. The first-order chi connectivity index (χ1) is 11.5. The second-order valence-corrected chi connectivity index (χ2v) is 6.31. The minimum atomic E-state index is -0.950. The van der Waals surface area contributed by atoms with Gasteiger partial charge in [-0.25, -0.2) is 9.55 Å². The van der Waals surface area contributed by atoms with Crippen LogP contribution in [0.5, 0.6) is 0 Å². The van der Waals surface area contributed by atoms with Crippen LogP contribution in [0.25, 0.3) is 11.2 Å². The maximum atomic E-state index is 12.6. The van der Waals surface area contributed by atoms with Gasteiger partial charge in [0.2, 0.25) is 5.95 Å². The van der Waals surface area contributed by atoms with Crippen molar-refractivity contribution < 1.29 is 20.1 Å². The number of imidazole rings is 1. The number of nitrogens with zero attached hydrogens (tertiary/aromatic N) is 4. The van der Waals surface area contributed by atoms with Crippen molar-refractivity contribution in [1.82, 2.24) is 19.1 Å². The Hall–Kier alpha value is -2.01. The number of fused-ring (bicyclic) bond motifs is 2. The fourth-order valence-corrected chi connectivity index (χ4v) is 3.32. The maximum Gasteiger partial charge on any atom is 0.285 e. The summed E-state index contributed by atoms with van der Waals surface area (Å²) in [5.41, 5.74) is 0.00781. The van der Waals surface area contributed by atoms with E-state index >= 15 is 0 Å². The highest BCUT2D eigenvalue weighted by atomic mass is 16.5. The summed E-state index contributed by atoms with van der Waals surface area (Å²) >= 11 is 0. The van der Waals surface area contributed by atoms with E-state index in [1.807, 2.05) is 6.92 Å². The number of hydrogen-bond acceptors (Lipinski definition) is 8. The minimum Gasteiger partial charge on any atom is -0.394 e. The van der Waals surface area contributed by atoms with Gasteiger partial charge in [0.1, 0.15) is 18.6 Å².